The van der Waals surface area contributed by atoms with Crippen LogP contribution in [0.1, 0.15) is 47.2 Å². The normalized spacial score (nSPS) is 10.9. The first-order valence-corrected chi connectivity index (χ1v) is 10.5. The van der Waals surface area contributed by atoms with Gasteiger partial charge in [-0.2, -0.15) is 0 Å². The number of hydrogen-bond acceptors (Lipinski definition) is 2. The minimum Gasteiger partial charge on any atom is -0.507 e. The van der Waals surface area contributed by atoms with Crippen molar-refractivity contribution < 1.29 is 10.2 Å². The zero-order chi connectivity index (χ0) is 22.0. The lowest BCUT2D eigenvalue weighted by Gasteiger charge is -2.09. The van der Waals surface area contributed by atoms with Crippen molar-refractivity contribution in [3.05, 3.63) is 92.3 Å². The van der Waals surface area contributed by atoms with Crippen LogP contribution in [0.3, 0.4) is 0 Å². The van der Waals surface area contributed by atoms with E-state index in [-0.39, 0.29) is 0 Å². The van der Waals surface area contributed by atoms with E-state index in [4.69, 9.17) is 0 Å². The summed E-state index contributed by atoms with van der Waals surface area (Å²) in [6.07, 6.45) is 1.74. The SMILES string of the molecule is CC(Cc1cc(C)c(O)c(C)c1)=c1ccc(=C(C)Cc2cc(C)c(O)c(C)c2)cc1. The lowest BCUT2D eigenvalue weighted by molar-refractivity contribution is 0.466. The van der Waals surface area contributed by atoms with Crippen molar-refractivity contribution in [3.8, 4) is 11.5 Å². The highest BCUT2D eigenvalue weighted by molar-refractivity contribution is 5.53. The molecule has 3 aromatic rings. The quantitative estimate of drug-likeness (QED) is 0.635. The molecule has 0 aliphatic rings. The Labute approximate surface area is 179 Å². The Morgan fingerprint density at radius 2 is 0.833 bits per heavy atom. The molecule has 0 aliphatic heterocycles. The predicted molar refractivity (Wildman–Crippen MR) is 126 cm³/mol. The Morgan fingerprint density at radius 1 is 0.567 bits per heavy atom. The molecule has 3 aromatic carbocycles. The van der Waals surface area contributed by atoms with Crippen LogP contribution in [0.25, 0.3) is 11.1 Å². The van der Waals surface area contributed by atoms with Gasteiger partial charge in [0.15, 0.2) is 0 Å². The fourth-order valence-electron chi connectivity index (χ4n) is 4.15. The zero-order valence-corrected chi connectivity index (χ0v) is 18.9. The van der Waals surface area contributed by atoms with Gasteiger partial charge in [0, 0.05) is 0 Å². The summed E-state index contributed by atoms with van der Waals surface area (Å²) in [7, 11) is 0. The number of aryl methyl sites for hydroxylation is 4. The van der Waals surface area contributed by atoms with Crippen LogP contribution >= 0.6 is 0 Å². The first-order valence-electron chi connectivity index (χ1n) is 10.5. The average molecular weight is 401 g/mol. The van der Waals surface area contributed by atoms with E-state index in [2.05, 4.69) is 62.4 Å². The van der Waals surface area contributed by atoms with Crippen molar-refractivity contribution in [2.24, 2.45) is 0 Å². The Kier molecular flexibility index (Phi) is 6.36. The molecular formula is C28H32O2. The topological polar surface area (TPSA) is 40.5 Å². The van der Waals surface area contributed by atoms with Gasteiger partial charge in [0.2, 0.25) is 0 Å². The lowest BCUT2D eigenvalue weighted by Crippen LogP contribution is -2.13. The standard InChI is InChI=1S/C28H32O2/c1-17(11-23-13-19(3)27(29)20(4)14-23)25-7-9-26(10-8-25)18(2)12-24-15-21(5)28(30)22(6)16-24/h7-10,13-16,29-30H,11-12H2,1-6H3. The highest BCUT2D eigenvalue weighted by Gasteiger charge is 2.06. The molecule has 0 aromatic heterocycles. The number of benzene rings is 3. The third kappa shape index (κ3) is 4.76. The highest BCUT2D eigenvalue weighted by atomic mass is 16.3. The molecule has 0 bridgehead atoms. The summed E-state index contributed by atoms with van der Waals surface area (Å²) in [5.41, 5.74) is 8.80. The van der Waals surface area contributed by atoms with Crippen molar-refractivity contribution in [2.45, 2.75) is 54.4 Å². The average Bonchev–Trinajstić information content (AvgIpc) is 2.70. The van der Waals surface area contributed by atoms with Crippen molar-refractivity contribution in [3.63, 3.8) is 0 Å². The maximum absolute atomic E-state index is 9.99. The van der Waals surface area contributed by atoms with Gasteiger partial charge in [0.1, 0.15) is 11.5 Å². The number of phenolic OH excluding ortho intramolecular Hbond substituents is 2. The molecule has 0 saturated heterocycles. The van der Waals surface area contributed by atoms with E-state index in [1.165, 1.54) is 32.7 Å². The van der Waals surface area contributed by atoms with Crippen LogP contribution < -0.4 is 10.4 Å². The second-order valence-corrected chi connectivity index (χ2v) is 8.65. The largest absolute Gasteiger partial charge is 0.507 e. The molecule has 3 rings (SSSR count). The van der Waals surface area contributed by atoms with Gasteiger partial charge in [-0.25, -0.2) is 0 Å². The van der Waals surface area contributed by atoms with Crippen molar-refractivity contribution in [2.75, 3.05) is 0 Å². The van der Waals surface area contributed by atoms with E-state index in [0.717, 1.165) is 35.1 Å². The van der Waals surface area contributed by atoms with Gasteiger partial charge in [-0.15, -0.1) is 0 Å². The minimum absolute atomic E-state index is 0.394. The van der Waals surface area contributed by atoms with Crippen LogP contribution in [-0.2, 0) is 12.8 Å². The predicted octanol–water partition coefficient (Wildman–Crippen LogP) is 5.16. The molecule has 0 aliphatic carbocycles. The van der Waals surface area contributed by atoms with Gasteiger partial charge in [0.05, 0.1) is 0 Å². The Bertz CT molecular complexity index is 1050. The first kappa shape index (κ1) is 21.7. The number of hydrogen-bond donors (Lipinski definition) is 2. The number of phenols is 2. The van der Waals surface area contributed by atoms with Gasteiger partial charge < -0.3 is 10.2 Å². The summed E-state index contributed by atoms with van der Waals surface area (Å²) >= 11 is 0. The molecule has 0 heterocycles. The zero-order valence-electron chi connectivity index (χ0n) is 18.9. The van der Waals surface area contributed by atoms with Crippen LogP contribution in [0.5, 0.6) is 11.5 Å². The van der Waals surface area contributed by atoms with Crippen LogP contribution in [0.15, 0.2) is 48.5 Å². The van der Waals surface area contributed by atoms with E-state index in [1.54, 1.807) is 0 Å². The molecule has 0 spiro atoms. The third-order valence-electron chi connectivity index (χ3n) is 5.91. The third-order valence-corrected chi connectivity index (χ3v) is 5.91. The summed E-state index contributed by atoms with van der Waals surface area (Å²) in [6.45, 7) is 12.1. The molecule has 0 amide bonds. The summed E-state index contributed by atoms with van der Waals surface area (Å²) in [5, 5.41) is 22.5. The Hall–Kier alpha value is -3.00. The molecular weight excluding hydrogens is 368 g/mol. The van der Waals surface area contributed by atoms with Gasteiger partial charge in [-0.3, -0.25) is 0 Å². The summed E-state index contributed by atoms with van der Waals surface area (Å²) in [4.78, 5) is 0. The fourth-order valence-corrected chi connectivity index (χ4v) is 4.15. The maximum atomic E-state index is 9.99. The molecule has 2 heteroatoms. The molecule has 156 valence electrons. The molecule has 2 nitrogen and oxygen atoms in total. The Morgan fingerprint density at radius 3 is 1.10 bits per heavy atom. The first-order chi connectivity index (χ1) is 14.2. The summed E-state index contributed by atoms with van der Waals surface area (Å²) in [6, 6.07) is 17.1. The van der Waals surface area contributed by atoms with Crippen molar-refractivity contribution in [1.29, 1.82) is 0 Å². The molecule has 0 radical (unpaired) electrons. The molecule has 30 heavy (non-hydrogen) atoms. The van der Waals surface area contributed by atoms with Crippen LogP contribution in [0.2, 0.25) is 0 Å². The molecule has 0 atom stereocenters. The Balaban J connectivity index is 1.87. The summed E-state index contributed by atoms with van der Waals surface area (Å²) in [5.74, 6) is 0.788. The fraction of sp³-hybridized carbons (Fsp3) is 0.286. The van der Waals surface area contributed by atoms with E-state index < -0.39 is 0 Å². The molecule has 0 saturated carbocycles. The van der Waals surface area contributed by atoms with E-state index >= 15 is 0 Å². The molecule has 0 unspecified atom stereocenters. The number of rotatable bonds is 4. The summed E-state index contributed by atoms with van der Waals surface area (Å²) < 4.78 is 0. The van der Waals surface area contributed by atoms with E-state index in [1.807, 2.05) is 27.7 Å². The van der Waals surface area contributed by atoms with Crippen LogP contribution in [0, 0.1) is 27.7 Å². The van der Waals surface area contributed by atoms with Gasteiger partial charge in [0.25, 0.3) is 0 Å². The van der Waals surface area contributed by atoms with Crippen LogP contribution in [-0.4, -0.2) is 10.2 Å². The highest BCUT2D eigenvalue weighted by Crippen LogP contribution is 2.25. The smallest absolute Gasteiger partial charge is 0.121 e. The second kappa shape index (κ2) is 8.79. The molecule has 2 N–H and O–H groups in total. The number of aromatic hydroxyl groups is 2. The lowest BCUT2D eigenvalue weighted by atomic mass is 9.98. The van der Waals surface area contributed by atoms with Gasteiger partial charge in [-0.05, 0) is 98.2 Å². The van der Waals surface area contributed by atoms with E-state index in [0.29, 0.717) is 11.5 Å². The van der Waals surface area contributed by atoms with Crippen molar-refractivity contribution >= 4 is 11.1 Å². The van der Waals surface area contributed by atoms with Gasteiger partial charge in [-0.1, -0.05) is 59.7 Å². The second-order valence-electron chi connectivity index (χ2n) is 8.65. The van der Waals surface area contributed by atoms with Crippen LogP contribution in [0.4, 0.5) is 0 Å². The maximum Gasteiger partial charge on any atom is 0.121 e. The van der Waals surface area contributed by atoms with E-state index in [9.17, 15) is 10.2 Å². The minimum atomic E-state index is 0.394. The van der Waals surface area contributed by atoms with Crippen molar-refractivity contribution in [1.82, 2.24) is 0 Å². The molecule has 0 fully saturated rings. The van der Waals surface area contributed by atoms with Gasteiger partial charge >= 0.3 is 0 Å². The monoisotopic (exact) mass is 400 g/mol.